The fourth-order valence-electron chi connectivity index (χ4n) is 2.64. The van der Waals surface area contributed by atoms with Crippen molar-refractivity contribution in [3.05, 3.63) is 23.3 Å². The molecule has 8 nitrogen and oxygen atoms in total. The number of nitrogens with zero attached hydrogens (tertiary/aromatic N) is 7. The molecule has 0 atom stereocenters. The molecule has 0 radical (unpaired) electrons. The molecule has 0 aromatic carbocycles. The fourth-order valence-corrected chi connectivity index (χ4v) is 2.64. The smallest absolute Gasteiger partial charge is 0.252 e. The summed E-state index contributed by atoms with van der Waals surface area (Å²) >= 11 is 0. The quantitative estimate of drug-likeness (QED) is 0.759. The van der Waals surface area contributed by atoms with Crippen molar-refractivity contribution in [1.82, 2.24) is 24.5 Å². The summed E-state index contributed by atoms with van der Waals surface area (Å²) in [6.45, 7) is 4.54. The van der Waals surface area contributed by atoms with E-state index in [2.05, 4.69) is 15.1 Å². The Balaban J connectivity index is 2.09. The number of aryl methyl sites for hydroxylation is 2. The summed E-state index contributed by atoms with van der Waals surface area (Å²) in [5.41, 5.74) is 2.73. The molecule has 0 spiro atoms. The highest BCUT2D eigenvalue weighted by molar-refractivity contribution is 5.76. The standard InChI is InChI=1S/C16H19N7O/c1-12-14(13(2)23-16(21-12)19-11-20-23)5-6-15(24)22(9-3-7-17)10-4-8-18/h11H,3-6,9-10H2,1-2H3. The van der Waals surface area contributed by atoms with Crippen molar-refractivity contribution in [3.8, 4) is 12.1 Å². The summed E-state index contributed by atoms with van der Waals surface area (Å²) in [6.07, 6.45) is 2.83. The van der Waals surface area contributed by atoms with E-state index < -0.39 is 0 Å². The summed E-state index contributed by atoms with van der Waals surface area (Å²) in [7, 11) is 0. The van der Waals surface area contributed by atoms with Gasteiger partial charge in [0.1, 0.15) is 6.33 Å². The third-order valence-corrected chi connectivity index (χ3v) is 3.92. The Labute approximate surface area is 140 Å². The van der Waals surface area contributed by atoms with E-state index in [9.17, 15) is 4.79 Å². The first-order chi connectivity index (χ1) is 11.6. The molecule has 124 valence electrons. The predicted octanol–water partition coefficient (Wildman–Crippen LogP) is 1.33. The average Bonchev–Trinajstić information content (AvgIpc) is 3.03. The topological polar surface area (TPSA) is 111 Å². The Hall–Kier alpha value is -3.00. The van der Waals surface area contributed by atoms with Gasteiger partial charge in [0.15, 0.2) is 0 Å². The van der Waals surface area contributed by atoms with Gasteiger partial charge < -0.3 is 4.90 Å². The Bertz CT molecular complexity index is 794. The Kier molecular flexibility index (Phi) is 5.80. The summed E-state index contributed by atoms with van der Waals surface area (Å²) in [5.74, 6) is 0.489. The van der Waals surface area contributed by atoms with E-state index in [1.165, 1.54) is 6.33 Å². The molecule has 2 rings (SSSR count). The molecule has 0 bridgehead atoms. The summed E-state index contributed by atoms with van der Waals surface area (Å²) in [6, 6.07) is 4.07. The Morgan fingerprint density at radius 3 is 2.54 bits per heavy atom. The number of aromatic nitrogens is 4. The molecule has 1 amide bonds. The monoisotopic (exact) mass is 325 g/mol. The van der Waals surface area contributed by atoms with Gasteiger partial charge in [-0.15, -0.1) is 0 Å². The molecular formula is C16H19N7O. The van der Waals surface area contributed by atoms with E-state index >= 15 is 0 Å². The molecule has 0 saturated heterocycles. The van der Waals surface area contributed by atoms with E-state index in [1.807, 2.05) is 26.0 Å². The van der Waals surface area contributed by atoms with Crippen LogP contribution in [-0.2, 0) is 11.2 Å². The zero-order chi connectivity index (χ0) is 17.5. The van der Waals surface area contributed by atoms with Gasteiger partial charge in [0.05, 0.1) is 25.0 Å². The average molecular weight is 325 g/mol. The Morgan fingerprint density at radius 1 is 1.25 bits per heavy atom. The molecule has 0 N–H and O–H groups in total. The van der Waals surface area contributed by atoms with E-state index in [0.717, 1.165) is 17.0 Å². The van der Waals surface area contributed by atoms with Crippen molar-refractivity contribution >= 4 is 11.7 Å². The van der Waals surface area contributed by atoms with E-state index in [1.54, 1.807) is 9.42 Å². The number of hydrogen-bond donors (Lipinski definition) is 0. The van der Waals surface area contributed by atoms with Gasteiger partial charge in [-0.05, 0) is 25.8 Å². The van der Waals surface area contributed by atoms with Crippen LogP contribution in [0.5, 0.6) is 0 Å². The molecular weight excluding hydrogens is 306 g/mol. The van der Waals surface area contributed by atoms with Crippen LogP contribution in [0, 0.1) is 36.5 Å². The van der Waals surface area contributed by atoms with Gasteiger partial charge in [-0.2, -0.15) is 20.6 Å². The third-order valence-electron chi connectivity index (χ3n) is 3.92. The minimum absolute atomic E-state index is 0.0574. The number of hydrogen-bond acceptors (Lipinski definition) is 6. The summed E-state index contributed by atoms with van der Waals surface area (Å²) in [4.78, 5) is 22.5. The summed E-state index contributed by atoms with van der Waals surface area (Å²) < 4.78 is 1.66. The molecule has 24 heavy (non-hydrogen) atoms. The minimum atomic E-state index is -0.0574. The zero-order valence-electron chi connectivity index (χ0n) is 13.9. The van der Waals surface area contributed by atoms with Crippen LogP contribution in [0.3, 0.4) is 0 Å². The first-order valence-electron chi connectivity index (χ1n) is 7.76. The van der Waals surface area contributed by atoms with Crippen LogP contribution in [0.15, 0.2) is 6.33 Å². The van der Waals surface area contributed by atoms with Gasteiger partial charge in [0.25, 0.3) is 5.78 Å². The normalized spacial score (nSPS) is 10.3. The summed E-state index contributed by atoms with van der Waals surface area (Å²) in [5, 5.41) is 21.6. The van der Waals surface area contributed by atoms with Crippen molar-refractivity contribution in [1.29, 1.82) is 10.5 Å². The second-order valence-electron chi connectivity index (χ2n) is 5.43. The van der Waals surface area contributed by atoms with Crippen LogP contribution in [0.4, 0.5) is 0 Å². The van der Waals surface area contributed by atoms with Gasteiger partial charge in [0, 0.05) is 30.9 Å². The van der Waals surface area contributed by atoms with Crippen molar-refractivity contribution in [2.75, 3.05) is 13.1 Å². The SMILES string of the molecule is Cc1nc2ncnn2c(C)c1CCC(=O)N(CCC#N)CCC#N. The van der Waals surface area contributed by atoms with Crippen LogP contribution >= 0.6 is 0 Å². The van der Waals surface area contributed by atoms with Crippen LogP contribution in [0.2, 0.25) is 0 Å². The van der Waals surface area contributed by atoms with Crippen LogP contribution in [-0.4, -0.2) is 43.5 Å². The third kappa shape index (κ3) is 3.85. The number of amides is 1. The van der Waals surface area contributed by atoms with Gasteiger partial charge in [0.2, 0.25) is 5.91 Å². The zero-order valence-corrected chi connectivity index (χ0v) is 13.9. The van der Waals surface area contributed by atoms with E-state index in [4.69, 9.17) is 10.5 Å². The van der Waals surface area contributed by atoms with Gasteiger partial charge in [-0.25, -0.2) is 9.50 Å². The van der Waals surface area contributed by atoms with Crippen molar-refractivity contribution < 1.29 is 4.79 Å². The Morgan fingerprint density at radius 2 is 1.92 bits per heavy atom. The second-order valence-corrected chi connectivity index (χ2v) is 5.43. The molecule has 0 aliphatic rings. The number of carbonyl (C=O) groups is 1. The molecule has 8 heteroatoms. The van der Waals surface area contributed by atoms with Crippen LogP contribution in [0.25, 0.3) is 5.78 Å². The van der Waals surface area contributed by atoms with Crippen LogP contribution < -0.4 is 0 Å². The highest BCUT2D eigenvalue weighted by Gasteiger charge is 2.16. The largest absolute Gasteiger partial charge is 0.341 e. The number of fused-ring (bicyclic) bond motifs is 1. The lowest BCUT2D eigenvalue weighted by molar-refractivity contribution is -0.131. The first-order valence-corrected chi connectivity index (χ1v) is 7.76. The lowest BCUT2D eigenvalue weighted by Crippen LogP contribution is -2.33. The maximum atomic E-state index is 12.4. The van der Waals surface area contributed by atoms with E-state index in [-0.39, 0.29) is 18.7 Å². The molecule has 0 saturated carbocycles. The maximum absolute atomic E-state index is 12.4. The van der Waals surface area contributed by atoms with Crippen LogP contribution in [0.1, 0.15) is 36.2 Å². The second kappa shape index (κ2) is 8.02. The number of rotatable bonds is 7. The lowest BCUT2D eigenvalue weighted by Gasteiger charge is -2.20. The highest BCUT2D eigenvalue weighted by Crippen LogP contribution is 2.15. The number of nitriles is 2. The predicted molar refractivity (Wildman–Crippen MR) is 85.6 cm³/mol. The molecule has 2 aromatic heterocycles. The number of carbonyl (C=O) groups excluding carboxylic acids is 1. The van der Waals surface area contributed by atoms with E-state index in [0.29, 0.717) is 31.7 Å². The minimum Gasteiger partial charge on any atom is -0.341 e. The van der Waals surface area contributed by atoms with Gasteiger partial charge in [-0.3, -0.25) is 4.79 Å². The molecule has 2 aromatic rings. The van der Waals surface area contributed by atoms with Gasteiger partial charge in [-0.1, -0.05) is 0 Å². The van der Waals surface area contributed by atoms with Crippen molar-refractivity contribution in [2.45, 2.75) is 39.5 Å². The van der Waals surface area contributed by atoms with Crippen molar-refractivity contribution in [3.63, 3.8) is 0 Å². The first kappa shape index (κ1) is 17.4. The van der Waals surface area contributed by atoms with Crippen molar-refractivity contribution in [2.24, 2.45) is 0 Å². The maximum Gasteiger partial charge on any atom is 0.252 e. The molecule has 0 fully saturated rings. The lowest BCUT2D eigenvalue weighted by atomic mass is 10.1. The molecule has 0 unspecified atom stereocenters. The highest BCUT2D eigenvalue weighted by atomic mass is 16.2. The molecule has 0 aliphatic carbocycles. The molecule has 0 aliphatic heterocycles. The fraction of sp³-hybridized carbons (Fsp3) is 0.500. The van der Waals surface area contributed by atoms with Gasteiger partial charge >= 0.3 is 0 Å². The molecule has 2 heterocycles.